The number of carbonyl (C=O) groups is 1. The number of nitrogens with zero attached hydrogens (tertiary/aromatic N) is 4. The summed E-state index contributed by atoms with van der Waals surface area (Å²) in [4.78, 5) is 19.8. The summed E-state index contributed by atoms with van der Waals surface area (Å²) in [5.74, 6) is -1.93. The number of nitrogens with one attached hydrogen (secondary N) is 1. The molecule has 3 aromatic rings. The van der Waals surface area contributed by atoms with Gasteiger partial charge in [0, 0.05) is 19.3 Å². The third-order valence-electron chi connectivity index (χ3n) is 3.75. The van der Waals surface area contributed by atoms with Crippen molar-refractivity contribution in [1.29, 1.82) is 0 Å². The number of anilines is 1. The molecular weight excluding hydrogens is 360 g/mol. The SMILES string of the molecule is COc1cc(OC)c(-c2cc(C(=O)Nc3c(F)cncc3F)nn2C)cn1. The van der Waals surface area contributed by atoms with Crippen LogP contribution in [0.1, 0.15) is 10.5 Å². The summed E-state index contributed by atoms with van der Waals surface area (Å²) >= 11 is 0. The van der Waals surface area contributed by atoms with Crippen LogP contribution >= 0.6 is 0 Å². The predicted molar refractivity (Wildman–Crippen MR) is 91.6 cm³/mol. The number of halogens is 2. The highest BCUT2D eigenvalue weighted by Crippen LogP contribution is 2.32. The highest BCUT2D eigenvalue weighted by molar-refractivity contribution is 6.03. The number of rotatable bonds is 5. The number of ether oxygens (including phenoxy) is 2. The van der Waals surface area contributed by atoms with E-state index in [1.807, 2.05) is 0 Å². The van der Waals surface area contributed by atoms with E-state index in [0.29, 0.717) is 22.9 Å². The molecule has 10 heteroatoms. The summed E-state index contributed by atoms with van der Waals surface area (Å²) in [7, 11) is 4.58. The lowest BCUT2D eigenvalue weighted by atomic mass is 10.1. The Balaban J connectivity index is 1.94. The topological polar surface area (TPSA) is 91.2 Å². The first kappa shape index (κ1) is 18.2. The van der Waals surface area contributed by atoms with Gasteiger partial charge in [0.2, 0.25) is 5.88 Å². The third kappa shape index (κ3) is 3.54. The summed E-state index contributed by atoms with van der Waals surface area (Å²) in [6, 6.07) is 3.04. The van der Waals surface area contributed by atoms with Crippen molar-refractivity contribution in [1.82, 2.24) is 19.7 Å². The predicted octanol–water partition coefficient (Wildman–Crippen LogP) is 2.42. The van der Waals surface area contributed by atoms with Crippen LogP contribution in [0.3, 0.4) is 0 Å². The average molecular weight is 375 g/mol. The van der Waals surface area contributed by atoms with E-state index in [0.717, 1.165) is 12.4 Å². The van der Waals surface area contributed by atoms with Crippen LogP contribution in [0.4, 0.5) is 14.5 Å². The second-order valence-corrected chi connectivity index (χ2v) is 5.40. The number of carbonyl (C=O) groups excluding carboxylic acids is 1. The maximum Gasteiger partial charge on any atom is 0.276 e. The smallest absolute Gasteiger partial charge is 0.276 e. The summed E-state index contributed by atoms with van der Waals surface area (Å²) in [5.41, 5.74) is 0.448. The highest BCUT2D eigenvalue weighted by Gasteiger charge is 2.20. The fourth-order valence-corrected chi connectivity index (χ4v) is 2.43. The average Bonchev–Trinajstić information content (AvgIpc) is 3.05. The van der Waals surface area contributed by atoms with Gasteiger partial charge in [-0.2, -0.15) is 5.10 Å². The zero-order valence-corrected chi connectivity index (χ0v) is 14.7. The lowest BCUT2D eigenvalue weighted by Gasteiger charge is -2.09. The molecule has 3 heterocycles. The van der Waals surface area contributed by atoms with E-state index in [1.54, 1.807) is 13.1 Å². The number of aryl methyl sites for hydroxylation is 1. The van der Waals surface area contributed by atoms with E-state index < -0.39 is 23.2 Å². The summed E-state index contributed by atoms with van der Waals surface area (Å²) in [5, 5.41) is 6.25. The lowest BCUT2D eigenvalue weighted by molar-refractivity contribution is 0.102. The van der Waals surface area contributed by atoms with Gasteiger partial charge in [0.1, 0.15) is 11.4 Å². The van der Waals surface area contributed by atoms with E-state index in [1.165, 1.54) is 31.2 Å². The van der Waals surface area contributed by atoms with Crippen LogP contribution in [-0.4, -0.2) is 39.9 Å². The molecule has 0 aliphatic rings. The summed E-state index contributed by atoms with van der Waals surface area (Å²) in [6.45, 7) is 0. The van der Waals surface area contributed by atoms with Crippen molar-refractivity contribution in [2.45, 2.75) is 0 Å². The molecule has 0 radical (unpaired) electrons. The molecule has 0 saturated carbocycles. The second kappa shape index (κ2) is 7.36. The number of pyridine rings is 2. The zero-order chi connectivity index (χ0) is 19.6. The maximum absolute atomic E-state index is 13.7. The number of aromatic nitrogens is 4. The zero-order valence-electron chi connectivity index (χ0n) is 14.7. The van der Waals surface area contributed by atoms with Gasteiger partial charge in [-0.3, -0.25) is 14.5 Å². The molecule has 3 aromatic heterocycles. The van der Waals surface area contributed by atoms with Crippen molar-refractivity contribution in [2.24, 2.45) is 7.05 Å². The molecule has 1 amide bonds. The van der Waals surface area contributed by atoms with Gasteiger partial charge in [-0.15, -0.1) is 0 Å². The maximum atomic E-state index is 13.7. The van der Waals surface area contributed by atoms with Crippen LogP contribution in [0.15, 0.2) is 30.7 Å². The fourth-order valence-electron chi connectivity index (χ4n) is 2.43. The summed E-state index contributed by atoms with van der Waals surface area (Å²) < 4.78 is 39.1. The Labute approximate surface area is 152 Å². The fraction of sp³-hybridized carbons (Fsp3) is 0.176. The number of methoxy groups -OCH3 is 2. The van der Waals surface area contributed by atoms with Crippen molar-refractivity contribution >= 4 is 11.6 Å². The van der Waals surface area contributed by atoms with Gasteiger partial charge < -0.3 is 14.8 Å². The monoisotopic (exact) mass is 375 g/mol. The van der Waals surface area contributed by atoms with Crippen LogP contribution in [0, 0.1) is 11.6 Å². The molecule has 0 fully saturated rings. The molecule has 8 nitrogen and oxygen atoms in total. The van der Waals surface area contributed by atoms with Gasteiger partial charge in [0.15, 0.2) is 17.3 Å². The van der Waals surface area contributed by atoms with Gasteiger partial charge in [-0.25, -0.2) is 13.8 Å². The third-order valence-corrected chi connectivity index (χ3v) is 3.75. The van der Waals surface area contributed by atoms with E-state index in [2.05, 4.69) is 20.4 Å². The van der Waals surface area contributed by atoms with Gasteiger partial charge >= 0.3 is 0 Å². The largest absolute Gasteiger partial charge is 0.496 e. The first-order chi connectivity index (χ1) is 12.9. The van der Waals surface area contributed by atoms with Crippen LogP contribution < -0.4 is 14.8 Å². The van der Waals surface area contributed by atoms with Crippen molar-refractivity contribution in [3.63, 3.8) is 0 Å². The molecule has 0 bridgehead atoms. The van der Waals surface area contributed by atoms with Crippen molar-refractivity contribution in [3.8, 4) is 22.9 Å². The molecule has 140 valence electrons. The van der Waals surface area contributed by atoms with E-state index in [-0.39, 0.29) is 5.69 Å². The Morgan fingerprint density at radius 3 is 2.44 bits per heavy atom. The molecule has 0 aliphatic carbocycles. The van der Waals surface area contributed by atoms with Crippen LogP contribution in [0.5, 0.6) is 11.6 Å². The number of hydrogen-bond acceptors (Lipinski definition) is 6. The normalized spacial score (nSPS) is 10.6. The molecule has 3 rings (SSSR count). The van der Waals surface area contributed by atoms with Gasteiger partial charge in [0.05, 0.1) is 37.9 Å². The Bertz CT molecular complexity index is 986. The van der Waals surface area contributed by atoms with Gasteiger partial charge in [-0.1, -0.05) is 0 Å². The lowest BCUT2D eigenvalue weighted by Crippen LogP contribution is -2.15. The van der Waals surface area contributed by atoms with Gasteiger partial charge in [-0.05, 0) is 6.07 Å². The molecule has 0 atom stereocenters. The van der Waals surface area contributed by atoms with E-state index in [9.17, 15) is 13.6 Å². The molecule has 0 spiro atoms. The molecular formula is C17H15F2N5O3. The molecule has 0 unspecified atom stereocenters. The minimum atomic E-state index is -0.986. The van der Waals surface area contributed by atoms with Crippen molar-refractivity contribution in [3.05, 3.63) is 48.1 Å². The number of hydrogen-bond donors (Lipinski definition) is 1. The first-order valence-electron chi connectivity index (χ1n) is 7.67. The first-order valence-corrected chi connectivity index (χ1v) is 7.67. The second-order valence-electron chi connectivity index (χ2n) is 5.40. The van der Waals surface area contributed by atoms with Crippen LogP contribution in [0.2, 0.25) is 0 Å². The van der Waals surface area contributed by atoms with E-state index >= 15 is 0 Å². The van der Waals surface area contributed by atoms with Crippen LogP contribution in [0.25, 0.3) is 11.3 Å². The molecule has 27 heavy (non-hydrogen) atoms. The quantitative estimate of drug-likeness (QED) is 0.737. The Hall–Kier alpha value is -3.56. The van der Waals surface area contributed by atoms with Gasteiger partial charge in [0.25, 0.3) is 5.91 Å². The Kier molecular flexibility index (Phi) is 4.97. The van der Waals surface area contributed by atoms with Crippen LogP contribution in [-0.2, 0) is 7.05 Å². The highest BCUT2D eigenvalue weighted by atomic mass is 19.1. The molecule has 0 aromatic carbocycles. The van der Waals surface area contributed by atoms with Crippen molar-refractivity contribution < 1.29 is 23.0 Å². The molecule has 1 N–H and O–H groups in total. The number of amides is 1. The molecule has 0 aliphatic heterocycles. The van der Waals surface area contributed by atoms with E-state index in [4.69, 9.17) is 9.47 Å². The molecule has 0 saturated heterocycles. The Morgan fingerprint density at radius 1 is 1.11 bits per heavy atom. The Morgan fingerprint density at radius 2 is 1.81 bits per heavy atom. The minimum absolute atomic E-state index is 0.0408. The summed E-state index contributed by atoms with van der Waals surface area (Å²) in [6.07, 6.45) is 3.12. The van der Waals surface area contributed by atoms with Crippen molar-refractivity contribution in [2.75, 3.05) is 19.5 Å². The standard InChI is InChI=1S/C17H15F2N5O3/c1-24-13(9-6-21-15(27-3)5-14(9)26-2)4-12(23-24)17(25)22-16-10(18)7-20-8-11(16)19/h4-8H,1-3H3,(H,20,22,25). The minimum Gasteiger partial charge on any atom is -0.496 e.